The van der Waals surface area contributed by atoms with Crippen LogP contribution in [0.5, 0.6) is 0 Å². The molecule has 2 N–H and O–H groups in total. The van der Waals surface area contributed by atoms with Gasteiger partial charge < -0.3 is 10.6 Å². The number of hydrogen-bond acceptors (Lipinski definition) is 4. The van der Waals surface area contributed by atoms with Crippen molar-refractivity contribution in [3.8, 4) is 0 Å². The Morgan fingerprint density at radius 3 is 2.48 bits per heavy atom. The molecule has 1 aromatic rings. The van der Waals surface area contributed by atoms with Crippen molar-refractivity contribution in [3.63, 3.8) is 0 Å². The fraction of sp³-hybridized carbons (Fsp3) is 0.588. The summed E-state index contributed by atoms with van der Waals surface area (Å²) in [5.74, 6) is 0.760. The van der Waals surface area contributed by atoms with E-state index in [4.69, 9.17) is 5.73 Å². The second-order valence-corrected chi connectivity index (χ2v) is 8.82. The van der Waals surface area contributed by atoms with E-state index < -0.39 is 10.0 Å². The second-order valence-electron chi connectivity index (χ2n) is 6.81. The van der Waals surface area contributed by atoms with Gasteiger partial charge in [0.1, 0.15) is 0 Å². The monoisotopic (exact) mass is 387 g/mol. The van der Waals surface area contributed by atoms with Gasteiger partial charge in [0, 0.05) is 31.2 Å². The van der Waals surface area contributed by atoms with Crippen LogP contribution in [0.15, 0.2) is 24.3 Å². The number of hydrogen-bond donors (Lipinski definition) is 1. The molecule has 0 radical (unpaired) electrons. The number of piperidine rings is 1. The highest BCUT2D eigenvalue weighted by Gasteiger charge is 2.31. The number of likely N-dealkylation sites (tertiary alicyclic amines) is 1. The Morgan fingerprint density at radius 1 is 1.24 bits per heavy atom. The van der Waals surface area contributed by atoms with Crippen LogP contribution in [0.1, 0.15) is 36.5 Å². The van der Waals surface area contributed by atoms with Gasteiger partial charge >= 0.3 is 0 Å². The number of carbonyl (C=O) groups excluding carboxylic acids is 1. The zero-order chi connectivity index (χ0) is 17.3. The smallest absolute Gasteiger partial charge is 0.254 e. The molecule has 1 aromatic carbocycles. The molecule has 3 rings (SSSR count). The van der Waals surface area contributed by atoms with Crippen molar-refractivity contribution in [2.45, 2.75) is 32.2 Å². The molecular weight excluding hydrogens is 362 g/mol. The first-order chi connectivity index (χ1) is 11.4. The SMILES string of the molecule is CC1CCN(C(=O)c2ccc(N3CCCS3(=O)=O)cc2)C(CN)C1.Cl. The van der Waals surface area contributed by atoms with Crippen LogP contribution in [-0.4, -0.2) is 50.7 Å². The molecule has 0 aromatic heterocycles. The van der Waals surface area contributed by atoms with Crippen molar-refractivity contribution >= 4 is 34.0 Å². The molecule has 2 heterocycles. The summed E-state index contributed by atoms with van der Waals surface area (Å²) in [6, 6.07) is 6.97. The molecule has 0 bridgehead atoms. The first kappa shape index (κ1) is 20.0. The summed E-state index contributed by atoms with van der Waals surface area (Å²) in [6.45, 7) is 3.90. The van der Waals surface area contributed by atoms with E-state index in [0.717, 1.165) is 19.4 Å². The molecule has 2 aliphatic rings. The largest absolute Gasteiger partial charge is 0.334 e. The molecule has 2 fully saturated rings. The van der Waals surface area contributed by atoms with Crippen molar-refractivity contribution in [3.05, 3.63) is 29.8 Å². The van der Waals surface area contributed by atoms with Gasteiger partial charge in [-0.2, -0.15) is 0 Å². The maximum Gasteiger partial charge on any atom is 0.254 e. The number of nitrogens with two attached hydrogens (primary N) is 1. The van der Waals surface area contributed by atoms with E-state index in [1.165, 1.54) is 4.31 Å². The maximum absolute atomic E-state index is 12.8. The highest BCUT2D eigenvalue weighted by atomic mass is 35.5. The van der Waals surface area contributed by atoms with E-state index in [9.17, 15) is 13.2 Å². The Labute approximate surface area is 155 Å². The Bertz CT molecular complexity index is 708. The maximum atomic E-state index is 12.8. The van der Waals surface area contributed by atoms with E-state index in [1.807, 2.05) is 4.90 Å². The van der Waals surface area contributed by atoms with Crippen LogP contribution in [0.2, 0.25) is 0 Å². The standard InChI is InChI=1S/C17H25N3O3S.ClH/c1-13-7-9-19(16(11-13)12-18)17(21)14-3-5-15(6-4-14)20-8-2-10-24(20,22)23;/h3-6,13,16H,2,7-12,18H2,1H3;1H. The van der Waals surface area contributed by atoms with Crippen LogP contribution >= 0.6 is 12.4 Å². The number of sulfonamides is 1. The van der Waals surface area contributed by atoms with Crippen LogP contribution in [-0.2, 0) is 10.0 Å². The highest BCUT2D eigenvalue weighted by molar-refractivity contribution is 7.93. The number of amides is 1. The van der Waals surface area contributed by atoms with Crippen LogP contribution in [0, 0.1) is 5.92 Å². The van der Waals surface area contributed by atoms with Gasteiger partial charge in [-0.25, -0.2) is 8.42 Å². The number of rotatable bonds is 3. The summed E-state index contributed by atoms with van der Waals surface area (Å²) in [6.07, 6.45) is 2.58. The third kappa shape index (κ3) is 4.10. The lowest BCUT2D eigenvalue weighted by atomic mass is 9.92. The van der Waals surface area contributed by atoms with E-state index in [-0.39, 0.29) is 30.1 Å². The second kappa shape index (κ2) is 7.93. The van der Waals surface area contributed by atoms with Gasteiger partial charge in [0.05, 0.1) is 11.4 Å². The summed E-state index contributed by atoms with van der Waals surface area (Å²) < 4.78 is 25.4. The van der Waals surface area contributed by atoms with Crippen molar-refractivity contribution < 1.29 is 13.2 Å². The molecule has 0 saturated carbocycles. The Morgan fingerprint density at radius 2 is 1.92 bits per heavy atom. The van der Waals surface area contributed by atoms with Crippen LogP contribution in [0.3, 0.4) is 0 Å². The molecule has 6 nitrogen and oxygen atoms in total. The van der Waals surface area contributed by atoms with Gasteiger partial charge in [0.2, 0.25) is 10.0 Å². The molecule has 25 heavy (non-hydrogen) atoms. The molecule has 2 saturated heterocycles. The summed E-state index contributed by atoms with van der Waals surface area (Å²) in [5, 5.41) is 0. The van der Waals surface area contributed by atoms with Crippen LogP contribution < -0.4 is 10.0 Å². The molecule has 0 spiro atoms. The normalized spacial score (nSPS) is 25.5. The first-order valence-electron chi connectivity index (χ1n) is 8.54. The lowest BCUT2D eigenvalue weighted by molar-refractivity contribution is 0.0573. The van der Waals surface area contributed by atoms with Gasteiger partial charge in [-0.1, -0.05) is 6.92 Å². The van der Waals surface area contributed by atoms with Gasteiger partial charge in [-0.05, 0) is 49.4 Å². The Balaban J connectivity index is 0.00000225. The fourth-order valence-corrected chi connectivity index (χ4v) is 5.17. The molecule has 8 heteroatoms. The van der Waals surface area contributed by atoms with E-state index in [0.29, 0.717) is 36.7 Å². The zero-order valence-electron chi connectivity index (χ0n) is 14.4. The predicted octanol–water partition coefficient (Wildman–Crippen LogP) is 1.85. The minimum absolute atomic E-state index is 0. The molecule has 2 atom stereocenters. The summed E-state index contributed by atoms with van der Waals surface area (Å²) in [4.78, 5) is 14.6. The van der Waals surface area contributed by atoms with Gasteiger partial charge in [0.25, 0.3) is 5.91 Å². The molecular formula is C17H26ClN3O3S. The van der Waals surface area contributed by atoms with Gasteiger partial charge in [0.15, 0.2) is 0 Å². The predicted molar refractivity (Wildman–Crippen MR) is 102 cm³/mol. The number of anilines is 1. The van der Waals surface area contributed by atoms with Crippen molar-refractivity contribution in [1.82, 2.24) is 4.90 Å². The summed E-state index contributed by atoms with van der Waals surface area (Å²) in [7, 11) is -3.19. The molecule has 140 valence electrons. The number of benzene rings is 1. The third-order valence-corrected chi connectivity index (χ3v) is 6.88. The number of carbonyl (C=O) groups is 1. The van der Waals surface area contributed by atoms with Crippen LogP contribution in [0.25, 0.3) is 0 Å². The lowest BCUT2D eigenvalue weighted by Crippen LogP contribution is -2.49. The Hall–Kier alpha value is -1.31. The van der Waals surface area contributed by atoms with Crippen molar-refractivity contribution in [2.24, 2.45) is 11.7 Å². The number of nitrogens with zero attached hydrogens (tertiary/aromatic N) is 2. The quantitative estimate of drug-likeness (QED) is 0.857. The minimum atomic E-state index is -3.19. The summed E-state index contributed by atoms with van der Waals surface area (Å²) in [5.41, 5.74) is 7.06. The van der Waals surface area contributed by atoms with Gasteiger partial charge in [-0.15, -0.1) is 12.4 Å². The van der Waals surface area contributed by atoms with E-state index >= 15 is 0 Å². The van der Waals surface area contributed by atoms with Gasteiger partial charge in [-0.3, -0.25) is 9.10 Å². The van der Waals surface area contributed by atoms with Crippen LogP contribution in [0.4, 0.5) is 5.69 Å². The average Bonchev–Trinajstić information content (AvgIpc) is 2.93. The molecule has 0 aliphatic carbocycles. The first-order valence-corrected chi connectivity index (χ1v) is 10.1. The molecule has 2 aliphatic heterocycles. The zero-order valence-corrected chi connectivity index (χ0v) is 16.1. The van der Waals surface area contributed by atoms with Crippen molar-refractivity contribution in [2.75, 3.05) is 29.7 Å². The summed E-state index contributed by atoms with van der Waals surface area (Å²) >= 11 is 0. The highest BCUT2D eigenvalue weighted by Crippen LogP contribution is 2.26. The Kier molecular flexibility index (Phi) is 6.35. The third-order valence-electron chi connectivity index (χ3n) is 5.01. The molecule has 2 unspecified atom stereocenters. The lowest BCUT2D eigenvalue weighted by Gasteiger charge is -2.38. The minimum Gasteiger partial charge on any atom is -0.334 e. The average molecular weight is 388 g/mol. The molecule has 1 amide bonds. The fourth-order valence-electron chi connectivity index (χ4n) is 3.61. The van der Waals surface area contributed by atoms with Crippen molar-refractivity contribution in [1.29, 1.82) is 0 Å². The number of halogens is 1. The topological polar surface area (TPSA) is 83.7 Å². The van der Waals surface area contributed by atoms with E-state index in [2.05, 4.69) is 6.92 Å². The van der Waals surface area contributed by atoms with E-state index in [1.54, 1.807) is 24.3 Å².